The van der Waals surface area contributed by atoms with Crippen molar-refractivity contribution in [2.75, 3.05) is 0 Å². The first-order chi connectivity index (χ1) is 11.7. The van der Waals surface area contributed by atoms with E-state index >= 15 is 0 Å². The molecule has 0 aliphatic heterocycles. The molecule has 3 aromatic rings. The van der Waals surface area contributed by atoms with Crippen LogP contribution in [0.5, 0.6) is 0 Å². The topological polar surface area (TPSA) is 55.1 Å². The second kappa shape index (κ2) is 7.59. The van der Waals surface area contributed by atoms with Gasteiger partial charge < -0.3 is 9.67 Å². The van der Waals surface area contributed by atoms with Gasteiger partial charge in [-0.1, -0.05) is 42.5 Å². The standard InChI is InChI=1S/C20H20N2O2/c23-20(24)18-11-9-17(10-12-18)15-22-14-13-21-19(22)8-4-7-16-5-2-1-3-6-16/h1-3,5-6,9-14H,4,7-8,15H2,(H,23,24). The molecular weight excluding hydrogens is 300 g/mol. The molecule has 0 saturated heterocycles. The Morgan fingerprint density at radius 3 is 2.42 bits per heavy atom. The minimum Gasteiger partial charge on any atom is -0.478 e. The van der Waals surface area contributed by atoms with E-state index in [0.717, 1.165) is 30.7 Å². The van der Waals surface area contributed by atoms with Crippen LogP contribution in [0.1, 0.15) is 33.7 Å². The molecule has 0 atom stereocenters. The highest BCUT2D eigenvalue weighted by atomic mass is 16.4. The van der Waals surface area contributed by atoms with E-state index in [-0.39, 0.29) is 0 Å². The zero-order valence-corrected chi connectivity index (χ0v) is 13.4. The second-order valence-electron chi connectivity index (χ2n) is 5.81. The van der Waals surface area contributed by atoms with Crippen molar-refractivity contribution < 1.29 is 9.90 Å². The summed E-state index contributed by atoms with van der Waals surface area (Å²) < 4.78 is 2.13. The molecule has 0 unspecified atom stereocenters. The van der Waals surface area contributed by atoms with Gasteiger partial charge in [-0.05, 0) is 36.1 Å². The van der Waals surface area contributed by atoms with E-state index in [1.165, 1.54) is 5.56 Å². The van der Waals surface area contributed by atoms with Crippen LogP contribution in [0.4, 0.5) is 0 Å². The monoisotopic (exact) mass is 320 g/mol. The summed E-state index contributed by atoms with van der Waals surface area (Å²) in [5.41, 5.74) is 2.73. The van der Waals surface area contributed by atoms with Crippen LogP contribution in [-0.4, -0.2) is 20.6 Å². The number of aromatic carboxylic acids is 1. The number of aryl methyl sites for hydroxylation is 2. The fourth-order valence-corrected chi connectivity index (χ4v) is 2.76. The van der Waals surface area contributed by atoms with Gasteiger partial charge in [0, 0.05) is 25.4 Å². The lowest BCUT2D eigenvalue weighted by Gasteiger charge is -2.08. The summed E-state index contributed by atoms with van der Waals surface area (Å²) in [6, 6.07) is 17.5. The quantitative estimate of drug-likeness (QED) is 0.720. The Hall–Kier alpha value is -2.88. The number of carbonyl (C=O) groups is 1. The summed E-state index contributed by atoms with van der Waals surface area (Å²) in [5.74, 6) is 0.166. The van der Waals surface area contributed by atoms with Crippen LogP contribution in [0.2, 0.25) is 0 Å². The highest BCUT2D eigenvalue weighted by molar-refractivity contribution is 5.87. The molecule has 0 radical (unpaired) electrons. The average molecular weight is 320 g/mol. The normalized spacial score (nSPS) is 10.7. The van der Waals surface area contributed by atoms with Crippen molar-refractivity contribution >= 4 is 5.97 Å². The highest BCUT2D eigenvalue weighted by Gasteiger charge is 2.06. The van der Waals surface area contributed by atoms with Gasteiger partial charge in [-0.15, -0.1) is 0 Å². The number of imidazole rings is 1. The molecule has 24 heavy (non-hydrogen) atoms. The zero-order valence-electron chi connectivity index (χ0n) is 13.4. The van der Waals surface area contributed by atoms with E-state index < -0.39 is 5.97 Å². The molecule has 4 nitrogen and oxygen atoms in total. The van der Waals surface area contributed by atoms with Crippen LogP contribution in [0, 0.1) is 0 Å². The third kappa shape index (κ3) is 4.10. The first kappa shape index (κ1) is 16.0. The lowest BCUT2D eigenvalue weighted by atomic mass is 10.1. The molecule has 122 valence electrons. The van der Waals surface area contributed by atoms with Crippen LogP contribution < -0.4 is 0 Å². The fraction of sp³-hybridized carbons (Fsp3) is 0.200. The number of aromatic nitrogens is 2. The van der Waals surface area contributed by atoms with Gasteiger partial charge in [0.05, 0.1) is 5.56 Å². The van der Waals surface area contributed by atoms with Crippen LogP contribution >= 0.6 is 0 Å². The van der Waals surface area contributed by atoms with E-state index in [9.17, 15) is 4.79 Å². The van der Waals surface area contributed by atoms with Crippen molar-refractivity contribution in [1.82, 2.24) is 9.55 Å². The first-order valence-corrected chi connectivity index (χ1v) is 8.08. The van der Waals surface area contributed by atoms with E-state index in [1.54, 1.807) is 12.1 Å². The second-order valence-corrected chi connectivity index (χ2v) is 5.81. The molecule has 0 fully saturated rings. The molecule has 1 N–H and O–H groups in total. The van der Waals surface area contributed by atoms with Crippen LogP contribution in [-0.2, 0) is 19.4 Å². The Morgan fingerprint density at radius 2 is 1.71 bits per heavy atom. The van der Waals surface area contributed by atoms with Crippen molar-refractivity contribution in [1.29, 1.82) is 0 Å². The largest absolute Gasteiger partial charge is 0.478 e. The summed E-state index contributed by atoms with van der Waals surface area (Å²) in [5, 5.41) is 8.95. The molecule has 4 heteroatoms. The third-order valence-electron chi connectivity index (χ3n) is 4.06. The Bertz CT molecular complexity index is 792. The molecule has 0 amide bonds. The molecule has 2 aromatic carbocycles. The van der Waals surface area contributed by atoms with Crippen molar-refractivity contribution in [3.8, 4) is 0 Å². The number of carboxylic acid groups (broad SMARTS) is 1. The SMILES string of the molecule is O=C(O)c1ccc(Cn2ccnc2CCCc2ccccc2)cc1. The first-order valence-electron chi connectivity index (χ1n) is 8.08. The van der Waals surface area contributed by atoms with Gasteiger partial charge in [-0.3, -0.25) is 0 Å². The van der Waals surface area contributed by atoms with Crippen molar-refractivity contribution in [2.45, 2.75) is 25.8 Å². The maximum absolute atomic E-state index is 10.9. The molecule has 0 aliphatic rings. The Kier molecular flexibility index (Phi) is 5.06. The number of carboxylic acids is 1. The smallest absolute Gasteiger partial charge is 0.335 e. The predicted octanol–water partition coefficient (Wildman–Crippen LogP) is 3.80. The Balaban J connectivity index is 1.59. The lowest BCUT2D eigenvalue weighted by molar-refractivity contribution is 0.0697. The minimum absolute atomic E-state index is 0.312. The molecule has 1 aromatic heterocycles. The van der Waals surface area contributed by atoms with Crippen LogP contribution in [0.25, 0.3) is 0 Å². The molecule has 0 aliphatic carbocycles. The molecule has 0 bridgehead atoms. The number of benzene rings is 2. The van der Waals surface area contributed by atoms with Crippen LogP contribution in [0.15, 0.2) is 67.0 Å². The van der Waals surface area contributed by atoms with E-state index in [2.05, 4.69) is 33.8 Å². The van der Waals surface area contributed by atoms with Gasteiger partial charge in [0.25, 0.3) is 0 Å². The number of rotatable bonds is 7. The summed E-state index contributed by atoms with van der Waals surface area (Å²) in [4.78, 5) is 15.4. The van der Waals surface area contributed by atoms with Crippen LogP contribution in [0.3, 0.4) is 0 Å². The van der Waals surface area contributed by atoms with E-state index in [1.807, 2.05) is 30.6 Å². The van der Waals surface area contributed by atoms with E-state index in [0.29, 0.717) is 12.1 Å². The Labute approximate surface area is 141 Å². The average Bonchev–Trinajstić information content (AvgIpc) is 3.03. The number of hydrogen-bond acceptors (Lipinski definition) is 2. The molecular formula is C20H20N2O2. The zero-order chi connectivity index (χ0) is 16.8. The molecule has 3 rings (SSSR count). The minimum atomic E-state index is -0.897. The number of nitrogens with zero attached hydrogens (tertiary/aromatic N) is 2. The third-order valence-corrected chi connectivity index (χ3v) is 4.06. The summed E-state index contributed by atoms with van der Waals surface area (Å²) in [6.07, 6.45) is 6.82. The van der Waals surface area contributed by atoms with Gasteiger partial charge >= 0.3 is 5.97 Å². The van der Waals surface area contributed by atoms with Gasteiger partial charge in [0.15, 0.2) is 0 Å². The van der Waals surface area contributed by atoms with Gasteiger partial charge in [0.1, 0.15) is 5.82 Å². The maximum atomic E-state index is 10.9. The fourth-order valence-electron chi connectivity index (χ4n) is 2.76. The maximum Gasteiger partial charge on any atom is 0.335 e. The summed E-state index contributed by atoms with van der Waals surface area (Å²) in [7, 11) is 0. The van der Waals surface area contributed by atoms with Crippen molar-refractivity contribution in [2.24, 2.45) is 0 Å². The molecule has 1 heterocycles. The predicted molar refractivity (Wildman–Crippen MR) is 93.2 cm³/mol. The van der Waals surface area contributed by atoms with Gasteiger partial charge in [-0.25, -0.2) is 9.78 Å². The van der Waals surface area contributed by atoms with Gasteiger partial charge in [-0.2, -0.15) is 0 Å². The molecule has 0 saturated carbocycles. The summed E-state index contributed by atoms with van der Waals surface area (Å²) >= 11 is 0. The lowest BCUT2D eigenvalue weighted by Crippen LogP contribution is -2.05. The number of hydrogen-bond donors (Lipinski definition) is 1. The van der Waals surface area contributed by atoms with Crippen molar-refractivity contribution in [3.05, 3.63) is 89.5 Å². The molecule has 0 spiro atoms. The van der Waals surface area contributed by atoms with Crippen molar-refractivity contribution in [3.63, 3.8) is 0 Å². The Morgan fingerprint density at radius 1 is 0.958 bits per heavy atom. The van der Waals surface area contributed by atoms with Gasteiger partial charge in [0.2, 0.25) is 0 Å². The van der Waals surface area contributed by atoms with E-state index in [4.69, 9.17) is 5.11 Å². The highest BCUT2D eigenvalue weighted by Crippen LogP contribution is 2.11. The summed E-state index contributed by atoms with van der Waals surface area (Å²) in [6.45, 7) is 0.709.